The van der Waals surface area contributed by atoms with Crippen LogP contribution in [-0.4, -0.2) is 48.5 Å². The van der Waals surface area contributed by atoms with Crippen molar-refractivity contribution in [2.45, 2.75) is 6.18 Å². The lowest BCUT2D eigenvalue weighted by Crippen LogP contribution is -2.48. The minimum absolute atomic E-state index is 0.0408. The highest BCUT2D eigenvalue weighted by atomic mass is 35.5. The van der Waals surface area contributed by atoms with Gasteiger partial charge in [-0.2, -0.15) is 13.2 Å². The van der Waals surface area contributed by atoms with Crippen LogP contribution < -0.4 is 10.2 Å². The molecule has 0 bridgehead atoms. The molecule has 1 fully saturated rings. The van der Waals surface area contributed by atoms with Crippen molar-refractivity contribution in [3.05, 3.63) is 64.2 Å². The molecule has 0 radical (unpaired) electrons. The second-order valence-electron chi connectivity index (χ2n) is 7.53. The van der Waals surface area contributed by atoms with Crippen LogP contribution in [0.2, 0.25) is 5.02 Å². The number of amides is 1. The molecule has 1 aromatic heterocycles. The average Bonchev–Trinajstić information content (AvgIpc) is 3.26. The third-order valence-electron chi connectivity index (χ3n) is 5.21. The lowest BCUT2D eigenvalue weighted by Gasteiger charge is -2.34. The first-order valence-corrected chi connectivity index (χ1v) is 11.3. The Morgan fingerprint density at radius 2 is 1.79 bits per heavy atom. The van der Waals surface area contributed by atoms with Crippen molar-refractivity contribution >= 4 is 39.7 Å². The normalized spacial score (nSPS) is 15.0. The average molecular weight is 499 g/mol. The molecule has 0 spiro atoms. The first-order chi connectivity index (χ1) is 15.7. The Balaban J connectivity index is 1.31. The van der Waals surface area contributed by atoms with Crippen LogP contribution in [0.15, 0.2) is 47.8 Å². The molecule has 0 atom stereocenters. The lowest BCUT2D eigenvalue weighted by atomic mass is 10.2. The molecule has 2 heterocycles. The van der Waals surface area contributed by atoms with Crippen LogP contribution in [0.5, 0.6) is 0 Å². The third kappa shape index (κ3) is 5.82. The summed E-state index contributed by atoms with van der Waals surface area (Å²) in [6.45, 7) is 2.52. The first kappa shape index (κ1) is 23.5. The molecule has 0 saturated carbocycles. The topological polar surface area (TPSA) is 48.5 Å². The van der Waals surface area contributed by atoms with Crippen LogP contribution in [-0.2, 0) is 11.0 Å². The summed E-state index contributed by atoms with van der Waals surface area (Å²) in [5, 5.41) is 5.28. The van der Waals surface area contributed by atoms with Gasteiger partial charge in [0.2, 0.25) is 5.91 Å². The number of nitrogens with zero attached hydrogens (tertiary/aromatic N) is 3. The molecule has 1 amide bonds. The van der Waals surface area contributed by atoms with Gasteiger partial charge < -0.3 is 10.2 Å². The van der Waals surface area contributed by atoms with E-state index in [1.54, 1.807) is 12.1 Å². The van der Waals surface area contributed by atoms with Crippen LogP contribution >= 0.6 is 22.9 Å². The molecule has 5 nitrogen and oxygen atoms in total. The Morgan fingerprint density at radius 3 is 2.45 bits per heavy atom. The van der Waals surface area contributed by atoms with Crippen molar-refractivity contribution in [1.29, 1.82) is 0 Å². The number of carbonyl (C=O) groups is 1. The number of hydrogen-bond donors (Lipinski definition) is 1. The lowest BCUT2D eigenvalue weighted by molar-refractivity contribution is -0.137. The molecule has 2 aromatic carbocycles. The summed E-state index contributed by atoms with van der Waals surface area (Å²) in [7, 11) is 0. The van der Waals surface area contributed by atoms with Gasteiger partial charge in [-0.15, -0.1) is 11.3 Å². The van der Waals surface area contributed by atoms with E-state index in [2.05, 4.69) is 15.2 Å². The van der Waals surface area contributed by atoms with Crippen LogP contribution in [0.3, 0.4) is 0 Å². The predicted octanol–water partition coefficient (Wildman–Crippen LogP) is 5.38. The summed E-state index contributed by atoms with van der Waals surface area (Å²) in [6.07, 6.45) is -4.52. The highest BCUT2D eigenvalue weighted by molar-refractivity contribution is 7.14. The van der Waals surface area contributed by atoms with Crippen molar-refractivity contribution in [1.82, 2.24) is 9.88 Å². The molecule has 33 heavy (non-hydrogen) atoms. The highest BCUT2D eigenvalue weighted by Crippen LogP contribution is 2.34. The van der Waals surface area contributed by atoms with Crippen LogP contribution in [0.4, 0.5) is 28.4 Å². The summed E-state index contributed by atoms with van der Waals surface area (Å²) in [5.74, 6) is -0.734. The molecule has 0 aliphatic carbocycles. The number of thiazole rings is 1. The number of halogens is 5. The Labute approximate surface area is 196 Å². The Kier molecular flexibility index (Phi) is 6.87. The molecule has 1 aliphatic heterocycles. The summed E-state index contributed by atoms with van der Waals surface area (Å²) in [6, 6.07) is 8.97. The van der Waals surface area contributed by atoms with Crippen molar-refractivity contribution in [3.63, 3.8) is 0 Å². The second kappa shape index (κ2) is 9.66. The monoisotopic (exact) mass is 498 g/mol. The molecule has 11 heteroatoms. The molecule has 1 saturated heterocycles. The largest absolute Gasteiger partial charge is 0.416 e. The number of alkyl halides is 3. The van der Waals surface area contributed by atoms with E-state index in [4.69, 9.17) is 11.6 Å². The van der Waals surface area contributed by atoms with E-state index in [0.29, 0.717) is 26.2 Å². The third-order valence-corrected chi connectivity index (χ3v) is 6.44. The SMILES string of the molecule is O=C(CN1CCN(c2nc(-c3ccc(F)cc3)cs2)CC1)Nc1cc(C(F)(F)F)ccc1Cl. The van der Waals surface area contributed by atoms with Crippen molar-refractivity contribution in [3.8, 4) is 11.3 Å². The standard InChI is InChI=1S/C22H19ClF4N4OS/c23-17-6-3-15(22(25,26)27)11-18(17)28-20(32)12-30-7-9-31(10-8-30)21-29-19(13-33-21)14-1-4-16(24)5-2-14/h1-6,11,13H,7-10,12H2,(H,28,32). The number of nitrogens with one attached hydrogen (secondary N) is 1. The second-order valence-corrected chi connectivity index (χ2v) is 8.77. The maximum absolute atomic E-state index is 13.1. The number of piperazine rings is 1. The molecule has 4 rings (SSSR count). The smallest absolute Gasteiger partial charge is 0.346 e. The first-order valence-electron chi connectivity index (χ1n) is 10.0. The number of hydrogen-bond acceptors (Lipinski definition) is 5. The van der Waals surface area contributed by atoms with E-state index < -0.39 is 17.6 Å². The van der Waals surface area contributed by atoms with E-state index in [1.165, 1.54) is 23.5 Å². The van der Waals surface area contributed by atoms with Gasteiger partial charge in [-0.25, -0.2) is 9.37 Å². The number of carbonyl (C=O) groups excluding carboxylic acids is 1. The summed E-state index contributed by atoms with van der Waals surface area (Å²) < 4.78 is 51.9. The van der Waals surface area contributed by atoms with Gasteiger partial charge in [0.25, 0.3) is 0 Å². The van der Waals surface area contributed by atoms with Crippen LogP contribution in [0.25, 0.3) is 11.3 Å². The minimum Gasteiger partial charge on any atom is -0.346 e. The van der Waals surface area contributed by atoms with Gasteiger partial charge in [-0.1, -0.05) is 11.6 Å². The van der Waals surface area contributed by atoms with Crippen LogP contribution in [0, 0.1) is 5.82 Å². The van der Waals surface area contributed by atoms with Gasteiger partial charge in [0.15, 0.2) is 5.13 Å². The predicted molar refractivity (Wildman–Crippen MR) is 121 cm³/mol. The highest BCUT2D eigenvalue weighted by Gasteiger charge is 2.31. The van der Waals surface area contributed by atoms with Crippen molar-refractivity contribution < 1.29 is 22.4 Å². The summed E-state index contributed by atoms with van der Waals surface area (Å²) in [5.41, 5.74) is 0.669. The zero-order chi connectivity index (χ0) is 23.6. The molecule has 0 unspecified atom stereocenters. The fraction of sp³-hybridized carbons (Fsp3) is 0.273. The van der Waals surface area contributed by atoms with E-state index in [-0.39, 0.29) is 23.1 Å². The van der Waals surface area contributed by atoms with Gasteiger partial charge in [0.05, 0.1) is 28.5 Å². The Hall–Kier alpha value is -2.69. The molecule has 174 valence electrons. The number of benzene rings is 2. The van der Waals surface area contributed by atoms with Crippen molar-refractivity contribution in [2.75, 3.05) is 42.9 Å². The maximum Gasteiger partial charge on any atom is 0.416 e. The molecule has 3 aromatic rings. The minimum atomic E-state index is -4.52. The maximum atomic E-state index is 13.1. The van der Waals surface area contributed by atoms with Gasteiger partial charge in [0, 0.05) is 37.1 Å². The number of rotatable bonds is 5. The summed E-state index contributed by atoms with van der Waals surface area (Å²) >= 11 is 7.44. The molecule has 1 aliphatic rings. The van der Waals surface area contributed by atoms with Gasteiger partial charge >= 0.3 is 6.18 Å². The summed E-state index contributed by atoms with van der Waals surface area (Å²) in [4.78, 5) is 21.0. The van der Waals surface area contributed by atoms with Crippen LogP contribution in [0.1, 0.15) is 5.56 Å². The zero-order valence-electron chi connectivity index (χ0n) is 17.2. The van der Waals surface area contributed by atoms with E-state index in [9.17, 15) is 22.4 Å². The van der Waals surface area contributed by atoms with E-state index >= 15 is 0 Å². The Bertz CT molecular complexity index is 1130. The van der Waals surface area contributed by atoms with E-state index in [0.717, 1.165) is 34.6 Å². The Morgan fingerprint density at radius 1 is 1.09 bits per heavy atom. The van der Waals surface area contributed by atoms with E-state index in [1.807, 2.05) is 10.3 Å². The molecular formula is C22H19ClF4N4OS. The van der Waals surface area contributed by atoms with Gasteiger partial charge in [0.1, 0.15) is 5.82 Å². The zero-order valence-corrected chi connectivity index (χ0v) is 18.8. The van der Waals surface area contributed by atoms with Gasteiger partial charge in [-0.3, -0.25) is 9.69 Å². The molecule has 1 N–H and O–H groups in total. The number of aromatic nitrogens is 1. The fourth-order valence-electron chi connectivity index (χ4n) is 3.45. The number of anilines is 2. The molecular weight excluding hydrogens is 480 g/mol. The fourth-order valence-corrected chi connectivity index (χ4v) is 4.50. The van der Waals surface area contributed by atoms with Gasteiger partial charge in [-0.05, 0) is 42.5 Å². The quantitative estimate of drug-likeness (QED) is 0.480. The van der Waals surface area contributed by atoms with Crippen molar-refractivity contribution in [2.24, 2.45) is 0 Å².